The molecule has 1 saturated carbocycles. The molecule has 4 heteroatoms. The molecule has 1 aromatic rings. The molecule has 0 heterocycles. The summed E-state index contributed by atoms with van der Waals surface area (Å²) in [4.78, 5) is 11.4. The largest absolute Gasteiger partial charge is 0.469 e. The lowest BCUT2D eigenvalue weighted by Gasteiger charge is -2.19. The van der Waals surface area contributed by atoms with Gasteiger partial charge in [0.2, 0.25) is 0 Å². The van der Waals surface area contributed by atoms with Gasteiger partial charge in [-0.3, -0.25) is 4.79 Å². The number of aryl methyl sites for hydroxylation is 1. The van der Waals surface area contributed by atoms with Gasteiger partial charge in [0.25, 0.3) is 0 Å². The molecule has 1 fully saturated rings. The normalized spacial score (nSPS) is 17.3. The smallest absolute Gasteiger partial charge is 0.306 e. The Morgan fingerprint density at radius 3 is 2.81 bits per heavy atom. The molecule has 1 unspecified atom stereocenters. The number of hydrogen-bond donors (Lipinski definition) is 1. The number of nitrogens with one attached hydrogen (secondary N) is 1. The van der Waals surface area contributed by atoms with E-state index in [0.29, 0.717) is 12.5 Å². The van der Waals surface area contributed by atoms with Crippen molar-refractivity contribution in [2.75, 3.05) is 25.7 Å². The molecule has 1 aliphatic carbocycles. The van der Waals surface area contributed by atoms with E-state index in [4.69, 9.17) is 4.74 Å². The maximum Gasteiger partial charge on any atom is 0.306 e. The van der Waals surface area contributed by atoms with Crippen LogP contribution in [0.25, 0.3) is 0 Å². The molecular formula is C17H25NO2S. The molecule has 0 saturated heterocycles. The van der Waals surface area contributed by atoms with E-state index in [-0.39, 0.29) is 11.4 Å². The third-order valence-electron chi connectivity index (χ3n) is 4.19. The van der Waals surface area contributed by atoms with E-state index in [1.165, 1.54) is 18.2 Å². The topological polar surface area (TPSA) is 38.3 Å². The van der Waals surface area contributed by atoms with Gasteiger partial charge in [0, 0.05) is 11.8 Å². The second-order valence-corrected chi connectivity index (χ2v) is 7.05. The van der Waals surface area contributed by atoms with Gasteiger partial charge in [0.15, 0.2) is 0 Å². The van der Waals surface area contributed by atoms with E-state index in [2.05, 4.69) is 36.5 Å². The fourth-order valence-corrected chi connectivity index (χ4v) is 4.09. The van der Waals surface area contributed by atoms with Crippen molar-refractivity contribution in [3.05, 3.63) is 35.4 Å². The van der Waals surface area contributed by atoms with Crippen LogP contribution in [0.1, 0.15) is 36.4 Å². The quantitative estimate of drug-likeness (QED) is 0.748. The fraction of sp³-hybridized carbons (Fsp3) is 0.588. The highest BCUT2D eigenvalue weighted by Crippen LogP contribution is 2.51. The molecule has 3 nitrogen and oxygen atoms in total. The minimum atomic E-state index is -0.0723. The Kier molecular flexibility index (Phi) is 5.71. The van der Waals surface area contributed by atoms with Gasteiger partial charge in [-0.15, -0.1) is 0 Å². The van der Waals surface area contributed by atoms with Crippen LogP contribution in [0, 0.1) is 12.3 Å². The predicted octanol–water partition coefficient (Wildman–Crippen LogP) is 3.33. The highest BCUT2D eigenvalue weighted by atomic mass is 32.2. The first-order valence-electron chi connectivity index (χ1n) is 7.47. The molecule has 0 spiro atoms. The zero-order valence-corrected chi connectivity index (χ0v) is 14.0. The van der Waals surface area contributed by atoms with Crippen LogP contribution in [-0.4, -0.2) is 31.6 Å². The zero-order valence-electron chi connectivity index (χ0n) is 13.1. The number of carbonyl (C=O) groups excluding carboxylic acids is 1. The summed E-state index contributed by atoms with van der Waals surface area (Å²) in [6, 6.07) is 9.01. The molecular weight excluding hydrogens is 282 g/mol. The van der Waals surface area contributed by atoms with E-state index >= 15 is 0 Å². The van der Waals surface area contributed by atoms with Crippen molar-refractivity contribution in [1.29, 1.82) is 0 Å². The lowest BCUT2D eigenvalue weighted by atomic mass is 10.1. The summed E-state index contributed by atoms with van der Waals surface area (Å²) in [5.41, 5.74) is 2.84. The highest BCUT2D eigenvalue weighted by Gasteiger charge is 2.44. The minimum Gasteiger partial charge on any atom is -0.469 e. The lowest BCUT2D eigenvalue weighted by molar-refractivity contribution is -0.141. The van der Waals surface area contributed by atoms with Crippen molar-refractivity contribution in [2.45, 2.75) is 32.2 Å². The summed E-state index contributed by atoms with van der Waals surface area (Å²) in [6.07, 6.45) is 2.89. The van der Waals surface area contributed by atoms with E-state index in [1.54, 1.807) is 0 Å². The minimum absolute atomic E-state index is 0.0723. The highest BCUT2D eigenvalue weighted by molar-refractivity contribution is 7.99. The first-order chi connectivity index (χ1) is 10.1. The van der Waals surface area contributed by atoms with Crippen molar-refractivity contribution in [3.8, 4) is 0 Å². The van der Waals surface area contributed by atoms with E-state index in [9.17, 15) is 4.79 Å². The van der Waals surface area contributed by atoms with Gasteiger partial charge < -0.3 is 10.1 Å². The van der Waals surface area contributed by atoms with E-state index in [1.807, 2.05) is 18.8 Å². The molecule has 2 rings (SSSR count). The van der Waals surface area contributed by atoms with E-state index < -0.39 is 0 Å². The first kappa shape index (κ1) is 16.4. The molecule has 0 bridgehead atoms. The predicted molar refractivity (Wildman–Crippen MR) is 88.6 cm³/mol. The zero-order chi connectivity index (χ0) is 15.3. The van der Waals surface area contributed by atoms with Crippen LogP contribution in [0.4, 0.5) is 0 Å². The van der Waals surface area contributed by atoms with Gasteiger partial charge in [0.05, 0.1) is 13.5 Å². The van der Waals surface area contributed by atoms with Crippen LogP contribution in [0.5, 0.6) is 0 Å². The van der Waals surface area contributed by atoms with Gasteiger partial charge >= 0.3 is 5.97 Å². The van der Waals surface area contributed by atoms with Gasteiger partial charge in [-0.25, -0.2) is 0 Å². The molecule has 21 heavy (non-hydrogen) atoms. The van der Waals surface area contributed by atoms with Gasteiger partial charge in [0.1, 0.15) is 0 Å². The number of carbonyl (C=O) groups is 1. The molecule has 0 aliphatic heterocycles. The molecule has 0 aromatic heterocycles. The van der Waals surface area contributed by atoms with Crippen LogP contribution >= 0.6 is 11.8 Å². The van der Waals surface area contributed by atoms with Crippen molar-refractivity contribution in [1.82, 2.24) is 5.32 Å². The Morgan fingerprint density at radius 2 is 2.24 bits per heavy atom. The molecule has 1 aliphatic rings. The van der Waals surface area contributed by atoms with Gasteiger partial charge in [-0.05, 0) is 43.5 Å². The summed E-state index contributed by atoms with van der Waals surface area (Å²) in [5, 5.41) is 3.39. The third kappa shape index (κ3) is 4.75. The number of methoxy groups -OCH3 is 1. The average molecular weight is 307 g/mol. The Morgan fingerprint density at radius 1 is 1.48 bits per heavy atom. The summed E-state index contributed by atoms with van der Waals surface area (Å²) in [6.45, 7) is 2.12. The van der Waals surface area contributed by atoms with E-state index in [0.717, 1.165) is 24.3 Å². The Balaban J connectivity index is 1.83. The van der Waals surface area contributed by atoms with Crippen LogP contribution < -0.4 is 5.32 Å². The average Bonchev–Trinajstić information content (AvgIpc) is 3.23. The first-order valence-corrected chi connectivity index (χ1v) is 8.62. The second kappa shape index (κ2) is 7.32. The molecule has 0 amide bonds. The molecule has 0 radical (unpaired) electrons. The molecule has 1 N–H and O–H groups in total. The third-order valence-corrected chi connectivity index (χ3v) is 5.58. The van der Waals surface area contributed by atoms with Crippen molar-refractivity contribution >= 4 is 17.7 Å². The molecule has 1 aromatic carbocycles. The monoisotopic (exact) mass is 307 g/mol. The van der Waals surface area contributed by atoms with Gasteiger partial charge in [-0.1, -0.05) is 29.8 Å². The van der Waals surface area contributed by atoms with Gasteiger partial charge in [-0.2, -0.15) is 11.8 Å². The summed E-state index contributed by atoms with van der Waals surface area (Å²) in [5.74, 6) is 2.01. The number of hydrogen-bond acceptors (Lipinski definition) is 4. The molecule has 116 valence electrons. The maximum absolute atomic E-state index is 11.4. The van der Waals surface area contributed by atoms with Crippen molar-refractivity contribution in [2.24, 2.45) is 5.41 Å². The summed E-state index contributed by atoms with van der Waals surface area (Å²) in [7, 11) is 3.48. The Hall–Kier alpha value is -1.00. The Labute approximate surface area is 131 Å². The number of ether oxygens (including phenoxy) is 1. The number of benzene rings is 1. The number of esters is 1. The maximum atomic E-state index is 11.4. The van der Waals surface area contributed by atoms with Crippen LogP contribution in [0.3, 0.4) is 0 Å². The summed E-state index contributed by atoms with van der Waals surface area (Å²) < 4.78 is 4.80. The van der Waals surface area contributed by atoms with Crippen LogP contribution in [0.15, 0.2) is 24.3 Å². The summed E-state index contributed by atoms with van der Waals surface area (Å²) >= 11 is 1.94. The van der Waals surface area contributed by atoms with Crippen LogP contribution in [0.2, 0.25) is 0 Å². The number of rotatable bonds is 8. The molecule has 1 atom stereocenters. The van der Waals surface area contributed by atoms with Crippen molar-refractivity contribution in [3.63, 3.8) is 0 Å². The fourth-order valence-electron chi connectivity index (χ4n) is 2.55. The van der Waals surface area contributed by atoms with Crippen LogP contribution in [-0.2, 0) is 9.53 Å². The second-order valence-electron chi connectivity index (χ2n) is 6.02. The standard InChI is InChI=1S/C17H25NO2S/c1-13-5-4-6-14(9-13)15(18-2)11-21-12-17(7-8-17)10-16(19)20-3/h4-6,9,15,18H,7-8,10-12H2,1-3H3. The van der Waals surface area contributed by atoms with Crippen molar-refractivity contribution < 1.29 is 9.53 Å². The Bertz CT molecular complexity index is 485. The SMILES string of the molecule is CNC(CSCC1(CC(=O)OC)CC1)c1cccc(C)c1. The lowest BCUT2D eigenvalue weighted by Crippen LogP contribution is -2.20. The number of thioether (sulfide) groups is 1.